The normalized spacial score (nSPS) is 24.0. The molecule has 1 aromatic rings. The van der Waals surface area contributed by atoms with E-state index in [-0.39, 0.29) is 5.60 Å². The number of aryl methyl sites for hydroxylation is 1. The molecule has 0 radical (unpaired) electrons. The van der Waals surface area contributed by atoms with Gasteiger partial charge >= 0.3 is 0 Å². The van der Waals surface area contributed by atoms with E-state index in [4.69, 9.17) is 4.74 Å². The van der Waals surface area contributed by atoms with Crippen molar-refractivity contribution in [2.75, 3.05) is 20.2 Å². The fraction of sp³-hybridized carbons (Fsp3) is 0.571. The van der Waals surface area contributed by atoms with Crippen LogP contribution in [0.1, 0.15) is 25.3 Å². The van der Waals surface area contributed by atoms with Gasteiger partial charge in [-0.25, -0.2) is 8.42 Å². The van der Waals surface area contributed by atoms with Gasteiger partial charge in [0.2, 0.25) is 10.0 Å². The maximum absolute atomic E-state index is 12.4. The average Bonchev–Trinajstić information content (AvgIpc) is 2.76. The van der Waals surface area contributed by atoms with Gasteiger partial charge in [0.25, 0.3) is 0 Å². The number of ether oxygens (including phenoxy) is 1. The topological polar surface area (TPSA) is 46.6 Å². The molecule has 1 fully saturated rings. The number of likely N-dealkylation sites (N-methyl/N-ethyl adjacent to an activating group) is 1. The zero-order valence-corrected chi connectivity index (χ0v) is 12.5. The van der Waals surface area contributed by atoms with Gasteiger partial charge in [-0.15, -0.1) is 0 Å². The molecule has 1 heterocycles. The molecule has 1 atom stereocenters. The van der Waals surface area contributed by atoms with Gasteiger partial charge in [0, 0.05) is 20.2 Å². The standard InChI is InChI=1S/C14H21NO3S/c1-12-5-7-13(8-6-12)19(16,17)15(3)11-14(2)9-4-10-18-14/h5-8H,4,9-11H2,1-3H3/t14-/m0/s1. The average molecular weight is 283 g/mol. The second-order valence-electron chi connectivity index (χ2n) is 5.48. The summed E-state index contributed by atoms with van der Waals surface area (Å²) in [4.78, 5) is 0.335. The van der Waals surface area contributed by atoms with E-state index in [0.717, 1.165) is 25.0 Å². The van der Waals surface area contributed by atoms with Gasteiger partial charge in [-0.05, 0) is 38.8 Å². The highest BCUT2D eigenvalue weighted by Gasteiger charge is 2.34. The Bertz CT molecular complexity index is 530. The Morgan fingerprint density at radius 1 is 1.32 bits per heavy atom. The number of sulfonamides is 1. The summed E-state index contributed by atoms with van der Waals surface area (Å²) >= 11 is 0. The lowest BCUT2D eigenvalue weighted by Gasteiger charge is -2.28. The first-order valence-corrected chi connectivity index (χ1v) is 7.94. The molecular formula is C14H21NO3S. The predicted molar refractivity (Wildman–Crippen MR) is 74.6 cm³/mol. The first kappa shape index (κ1) is 14.5. The van der Waals surface area contributed by atoms with Crippen molar-refractivity contribution in [2.45, 2.75) is 37.2 Å². The minimum atomic E-state index is -3.43. The Morgan fingerprint density at radius 3 is 2.47 bits per heavy atom. The van der Waals surface area contributed by atoms with E-state index in [1.165, 1.54) is 4.31 Å². The van der Waals surface area contributed by atoms with E-state index in [2.05, 4.69) is 0 Å². The van der Waals surface area contributed by atoms with Crippen molar-refractivity contribution in [2.24, 2.45) is 0 Å². The summed E-state index contributed by atoms with van der Waals surface area (Å²) in [6.45, 7) is 5.02. The first-order chi connectivity index (χ1) is 8.83. The molecule has 0 spiro atoms. The quantitative estimate of drug-likeness (QED) is 0.851. The molecule has 0 bridgehead atoms. The molecule has 0 N–H and O–H groups in total. The summed E-state index contributed by atoms with van der Waals surface area (Å²) < 4.78 is 31.9. The maximum atomic E-state index is 12.4. The molecule has 1 aromatic carbocycles. The summed E-state index contributed by atoms with van der Waals surface area (Å²) in [5, 5.41) is 0. The van der Waals surface area contributed by atoms with Crippen LogP contribution in [0.2, 0.25) is 0 Å². The van der Waals surface area contributed by atoms with Crippen LogP contribution in [0.25, 0.3) is 0 Å². The van der Waals surface area contributed by atoms with Gasteiger partial charge < -0.3 is 4.74 Å². The summed E-state index contributed by atoms with van der Waals surface area (Å²) in [6, 6.07) is 6.93. The van der Waals surface area contributed by atoms with Crippen LogP contribution in [-0.4, -0.2) is 38.5 Å². The van der Waals surface area contributed by atoms with E-state index in [0.29, 0.717) is 11.4 Å². The number of hydrogen-bond donors (Lipinski definition) is 0. The van der Waals surface area contributed by atoms with Gasteiger partial charge in [0.1, 0.15) is 0 Å². The SMILES string of the molecule is Cc1ccc(S(=O)(=O)N(C)C[C@]2(C)CCCO2)cc1. The van der Waals surface area contributed by atoms with Crippen LogP contribution >= 0.6 is 0 Å². The Labute approximate surface area is 115 Å². The van der Waals surface area contributed by atoms with Crippen molar-refractivity contribution in [3.8, 4) is 0 Å². The molecule has 0 amide bonds. The molecule has 0 unspecified atom stereocenters. The molecule has 0 aliphatic carbocycles. The van der Waals surface area contributed by atoms with Crippen LogP contribution in [0.3, 0.4) is 0 Å². The maximum Gasteiger partial charge on any atom is 0.242 e. The molecule has 0 aromatic heterocycles. The van der Waals surface area contributed by atoms with Crippen molar-refractivity contribution >= 4 is 10.0 Å². The zero-order valence-electron chi connectivity index (χ0n) is 11.7. The number of benzene rings is 1. The lowest BCUT2D eigenvalue weighted by atomic mass is 10.0. The van der Waals surface area contributed by atoms with Gasteiger partial charge in [-0.3, -0.25) is 0 Å². The number of hydrogen-bond acceptors (Lipinski definition) is 3. The third kappa shape index (κ3) is 3.16. The van der Waals surface area contributed by atoms with E-state index >= 15 is 0 Å². The molecule has 0 saturated carbocycles. The molecular weight excluding hydrogens is 262 g/mol. The molecule has 2 rings (SSSR count). The Kier molecular flexibility index (Phi) is 3.99. The van der Waals surface area contributed by atoms with Crippen LogP contribution in [0.5, 0.6) is 0 Å². The molecule has 5 heteroatoms. The monoisotopic (exact) mass is 283 g/mol. The second-order valence-corrected chi connectivity index (χ2v) is 7.52. The van der Waals surface area contributed by atoms with E-state index in [1.54, 1.807) is 19.2 Å². The molecule has 1 saturated heterocycles. The Hall–Kier alpha value is -0.910. The molecule has 1 aliphatic rings. The van der Waals surface area contributed by atoms with Crippen LogP contribution in [0.15, 0.2) is 29.2 Å². The highest BCUT2D eigenvalue weighted by atomic mass is 32.2. The van der Waals surface area contributed by atoms with Gasteiger partial charge in [0.05, 0.1) is 10.5 Å². The summed E-state index contributed by atoms with van der Waals surface area (Å²) in [6.07, 6.45) is 1.90. The molecule has 106 valence electrons. The molecule has 19 heavy (non-hydrogen) atoms. The van der Waals surface area contributed by atoms with Gasteiger partial charge in [-0.1, -0.05) is 17.7 Å². The van der Waals surface area contributed by atoms with Gasteiger partial charge in [0.15, 0.2) is 0 Å². The van der Waals surface area contributed by atoms with Crippen molar-refractivity contribution in [1.82, 2.24) is 4.31 Å². The lowest BCUT2D eigenvalue weighted by Crippen LogP contribution is -2.41. The fourth-order valence-electron chi connectivity index (χ4n) is 2.41. The Morgan fingerprint density at radius 2 is 1.95 bits per heavy atom. The molecule has 1 aliphatic heterocycles. The Balaban J connectivity index is 2.17. The van der Waals surface area contributed by atoms with Crippen LogP contribution in [0, 0.1) is 6.92 Å². The summed E-state index contributed by atoms with van der Waals surface area (Å²) in [5.74, 6) is 0. The van der Waals surface area contributed by atoms with E-state index in [9.17, 15) is 8.42 Å². The summed E-state index contributed by atoms with van der Waals surface area (Å²) in [5.41, 5.74) is 0.694. The largest absolute Gasteiger partial charge is 0.374 e. The van der Waals surface area contributed by atoms with Crippen molar-refractivity contribution in [3.05, 3.63) is 29.8 Å². The van der Waals surface area contributed by atoms with E-state index < -0.39 is 10.0 Å². The smallest absolute Gasteiger partial charge is 0.242 e. The minimum absolute atomic E-state index is 0.335. The van der Waals surface area contributed by atoms with Crippen LogP contribution in [-0.2, 0) is 14.8 Å². The first-order valence-electron chi connectivity index (χ1n) is 6.50. The number of rotatable bonds is 4. The zero-order chi connectivity index (χ0) is 14.1. The highest BCUT2D eigenvalue weighted by Crippen LogP contribution is 2.27. The van der Waals surface area contributed by atoms with Crippen molar-refractivity contribution < 1.29 is 13.2 Å². The van der Waals surface area contributed by atoms with Crippen LogP contribution in [0.4, 0.5) is 0 Å². The third-order valence-electron chi connectivity index (χ3n) is 3.59. The highest BCUT2D eigenvalue weighted by molar-refractivity contribution is 7.89. The predicted octanol–water partition coefficient (Wildman–Crippen LogP) is 2.18. The molecule has 4 nitrogen and oxygen atoms in total. The fourth-order valence-corrected chi connectivity index (χ4v) is 3.69. The third-order valence-corrected chi connectivity index (χ3v) is 5.40. The van der Waals surface area contributed by atoms with Crippen molar-refractivity contribution in [3.63, 3.8) is 0 Å². The lowest BCUT2D eigenvalue weighted by molar-refractivity contribution is 0.00965. The summed E-state index contributed by atoms with van der Waals surface area (Å²) in [7, 11) is -1.81. The van der Waals surface area contributed by atoms with Crippen LogP contribution < -0.4 is 0 Å². The second kappa shape index (κ2) is 5.23. The van der Waals surface area contributed by atoms with Gasteiger partial charge in [-0.2, -0.15) is 4.31 Å². The number of nitrogens with zero attached hydrogens (tertiary/aromatic N) is 1. The van der Waals surface area contributed by atoms with E-state index in [1.807, 2.05) is 26.0 Å². The minimum Gasteiger partial charge on any atom is -0.374 e. The van der Waals surface area contributed by atoms with Crippen molar-refractivity contribution in [1.29, 1.82) is 0 Å².